The van der Waals surface area contributed by atoms with Crippen molar-refractivity contribution in [3.05, 3.63) is 11.6 Å². The molecule has 0 aromatic rings. The minimum absolute atomic E-state index is 0.0402. The van der Waals surface area contributed by atoms with Crippen LogP contribution in [0.2, 0.25) is 0 Å². The van der Waals surface area contributed by atoms with Crippen molar-refractivity contribution in [2.45, 2.75) is 86.5 Å². The lowest BCUT2D eigenvalue weighted by Gasteiger charge is -2.68. The highest BCUT2D eigenvalue weighted by Crippen LogP contribution is 2.73. The van der Waals surface area contributed by atoms with Crippen molar-refractivity contribution < 1.29 is 29.0 Å². The quantitative estimate of drug-likeness (QED) is 0.524. The number of ketones is 1. The van der Waals surface area contributed by atoms with Crippen LogP contribution in [0.15, 0.2) is 11.6 Å². The molecule has 4 bridgehead atoms. The summed E-state index contributed by atoms with van der Waals surface area (Å²) in [5, 5.41) is 11.5. The van der Waals surface area contributed by atoms with Crippen LogP contribution in [0.5, 0.6) is 0 Å². The van der Waals surface area contributed by atoms with Crippen molar-refractivity contribution in [2.75, 3.05) is 0 Å². The maximum Gasteiger partial charge on any atom is 0.333 e. The van der Waals surface area contributed by atoms with Crippen molar-refractivity contribution in [3.63, 3.8) is 0 Å². The average molecular weight is 435 g/mol. The molecule has 174 valence electrons. The van der Waals surface area contributed by atoms with Crippen LogP contribution in [0.25, 0.3) is 0 Å². The lowest BCUT2D eigenvalue weighted by molar-refractivity contribution is -0.242. The first-order chi connectivity index (χ1) is 14.3. The van der Waals surface area contributed by atoms with Crippen LogP contribution >= 0.6 is 0 Å². The standard InChI is InChI=1S/C25H38O6/c1-9-13(4)23(29)31-22-20(30-16(27)10-12(2)3)21(28)24(6,7)19-17-14(5)11-15(26)18(19)25(17,22)8/h9,12,14,17-22,28H,10-11H2,1-8H3/b13-9-/t14-,17-,18+,19-,20-,21+,22+,25+/m0/s1. The molecule has 3 rings (SSSR count). The first-order valence-electron chi connectivity index (χ1n) is 11.5. The van der Waals surface area contributed by atoms with E-state index in [1.54, 1.807) is 19.9 Å². The number of aliphatic hydroxyl groups excluding tert-OH is 1. The third-order valence-electron chi connectivity index (χ3n) is 8.29. The predicted octanol–water partition coefficient (Wildman–Crippen LogP) is 3.70. The summed E-state index contributed by atoms with van der Waals surface area (Å²) in [6.07, 6.45) is -0.582. The summed E-state index contributed by atoms with van der Waals surface area (Å²) in [5.74, 6) is -0.846. The molecule has 3 fully saturated rings. The Bertz CT molecular complexity index is 796. The molecule has 0 amide bonds. The van der Waals surface area contributed by atoms with E-state index >= 15 is 0 Å². The van der Waals surface area contributed by atoms with Gasteiger partial charge in [0.05, 0.1) is 0 Å². The Balaban J connectivity index is 2.11. The summed E-state index contributed by atoms with van der Waals surface area (Å²) in [6.45, 7) is 15.2. The number of rotatable bonds is 5. The van der Waals surface area contributed by atoms with E-state index in [-0.39, 0.29) is 41.8 Å². The van der Waals surface area contributed by atoms with Gasteiger partial charge in [0.15, 0.2) is 6.10 Å². The van der Waals surface area contributed by atoms with Crippen LogP contribution in [0.1, 0.15) is 68.2 Å². The van der Waals surface area contributed by atoms with E-state index < -0.39 is 41.1 Å². The number of Topliss-reactive ketones (excluding diaryl/α,β-unsaturated/α-hetero) is 1. The molecular formula is C25H38O6. The van der Waals surface area contributed by atoms with Gasteiger partial charge in [0, 0.05) is 29.7 Å². The highest BCUT2D eigenvalue weighted by molar-refractivity contribution is 5.89. The zero-order valence-electron chi connectivity index (χ0n) is 20.1. The number of hydrogen-bond donors (Lipinski definition) is 1. The number of hydrogen-bond acceptors (Lipinski definition) is 6. The van der Waals surface area contributed by atoms with Gasteiger partial charge in [-0.2, -0.15) is 0 Å². The number of esters is 2. The minimum atomic E-state index is -1.05. The minimum Gasteiger partial charge on any atom is -0.456 e. The van der Waals surface area contributed by atoms with Gasteiger partial charge in [-0.1, -0.05) is 47.6 Å². The monoisotopic (exact) mass is 434 g/mol. The Morgan fingerprint density at radius 1 is 1.19 bits per heavy atom. The second-order valence-corrected chi connectivity index (χ2v) is 11.2. The van der Waals surface area contributed by atoms with Crippen LogP contribution in [0.4, 0.5) is 0 Å². The lowest BCUT2D eigenvalue weighted by Crippen LogP contribution is -2.71. The van der Waals surface area contributed by atoms with E-state index in [0.717, 1.165) is 0 Å². The third kappa shape index (κ3) is 3.55. The van der Waals surface area contributed by atoms with Crippen molar-refractivity contribution in [2.24, 2.45) is 40.4 Å². The molecule has 0 spiro atoms. The van der Waals surface area contributed by atoms with E-state index in [9.17, 15) is 19.5 Å². The fourth-order valence-electron chi connectivity index (χ4n) is 6.73. The van der Waals surface area contributed by atoms with E-state index in [4.69, 9.17) is 9.47 Å². The zero-order valence-corrected chi connectivity index (χ0v) is 20.1. The van der Waals surface area contributed by atoms with Crippen molar-refractivity contribution in [1.29, 1.82) is 0 Å². The number of carbonyl (C=O) groups excluding carboxylic acids is 3. The smallest absolute Gasteiger partial charge is 0.333 e. The van der Waals surface area contributed by atoms with Crippen molar-refractivity contribution in [3.8, 4) is 0 Å². The molecule has 0 unspecified atom stereocenters. The Labute approximate surface area is 185 Å². The number of aliphatic hydroxyl groups is 1. The molecule has 0 heterocycles. The second-order valence-electron chi connectivity index (χ2n) is 11.2. The summed E-state index contributed by atoms with van der Waals surface area (Å²) in [4.78, 5) is 38.6. The molecule has 31 heavy (non-hydrogen) atoms. The first kappa shape index (κ1) is 24.0. The topological polar surface area (TPSA) is 89.9 Å². The molecule has 8 atom stereocenters. The molecule has 0 radical (unpaired) electrons. The molecule has 0 aromatic heterocycles. The summed E-state index contributed by atoms with van der Waals surface area (Å²) >= 11 is 0. The van der Waals surface area contributed by atoms with Gasteiger partial charge in [0.2, 0.25) is 0 Å². The van der Waals surface area contributed by atoms with Crippen molar-refractivity contribution in [1.82, 2.24) is 0 Å². The van der Waals surface area contributed by atoms with Crippen LogP contribution in [0.3, 0.4) is 0 Å². The maximum absolute atomic E-state index is 13.2. The summed E-state index contributed by atoms with van der Waals surface area (Å²) in [5.41, 5.74) is -0.909. The van der Waals surface area contributed by atoms with Gasteiger partial charge >= 0.3 is 11.9 Å². The fourth-order valence-corrected chi connectivity index (χ4v) is 6.73. The van der Waals surface area contributed by atoms with Crippen molar-refractivity contribution >= 4 is 17.7 Å². The molecule has 1 N–H and O–H groups in total. The summed E-state index contributed by atoms with van der Waals surface area (Å²) < 4.78 is 11.9. The first-order valence-corrected chi connectivity index (χ1v) is 11.5. The van der Waals surface area contributed by atoms with Gasteiger partial charge in [-0.25, -0.2) is 4.79 Å². The Morgan fingerprint density at radius 3 is 2.32 bits per heavy atom. The number of carbonyl (C=O) groups is 3. The van der Waals surface area contributed by atoms with Crippen LogP contribution in [-0.2, 0) is 23.9 Å². The van der Waals surface area contributed by atoms with Crippen LogP contribution < -0.4 is 0 Å². The highest BCUT2D eigenvalue weighted by Gasteiger charge is 2.77. The van der Waals surface area contributed by atoms with Crippen LogP contribution in [0, 0.1) is 40.4 Å². The van der Waals surface area contributed by atoms with Gasteiger partial charge in [0.1, 0.15) is 18.0 Å². The molecule has 3 aliphatic carbocycles. The molecule has 3 saturated carbocycles. The molecule has 0 aromatic carbocycles. The molecular weight excluding hydrogens is 396 g/mol. The fraction of sp³-hybridized carbons (Fsp3) is 0.800. The summed E-state index contributed by atoms with van der Waals surface area (Å²) in [7, 11) is 0. The van der Waals surface area contributed by atoms with E-state index in [0.29, 0.717) is 12.0 Å². The average Bonchev–Trinajstić information content (AvgIpc) is 2.73. The molecule has 0 aliphatic heterocycles. The molecule has 6 heteroatoms. The van der Waals surface area contributed by atoms with Crippen LogP contribution in [-0.4, -0.2) is 41.1 Å². The van der Waals surface area contributed by atoms with Gasteiger partial charge < -0.3 is 14.6 Å². The normalized spacial score (nSPS) is 41.3. The largest absolute Gasteiger partial charge is 0.456 e. The van der Waals surface area contributed by atoms with E-state index in [1.807, 2.05) is 34.6 Å². The third-order valence-corrected chi connectivity index (χ3v) is 8.29. The zero-order chi connectivity index (χ0) is 23.5. The number of ether oxygens (including phenoxy) is 2. The van der Waals surface area contributed by atoms with E-state index in [2.05, 4.69) is 6.92 Å². The summed E-state index contributed by atoms with van der Waals surface area (Å²) in [6, 6.07) is 0. The van der Waals surface area contributed by atoms with Gasteiger partial charge in [-0.3, -0.25) is 9.59 Å². The number of allylic oxidation sites excluding steroid dienone is 1. The predicted molar refractivity (Wildman–Crippen MR) is 116 cm³/mol. The van der Waals surface area contributed by atoms with Gasteiger partial charge in [0.25, 0.3) is 0 Å². The number of fused-ring (bicyclic) bond motifs is 1. The van der Waals surface area contributed by atoms with Gasteiger partial charge in [-0.05, 0) is 42.9 Å². The Morgan fingerprint density at radius 2 is 1.81 bits per heavy atom. The van der Waals surface area contributed by atoms with E-state index in [1.165, 1.54) is 0 Å². The molecule has 0 saturated heterocycles. The maximum atomic E-state index is 13.2. The molecule has 6 nitrogen and oxygen atoms in total. The highest BCUT2D eigenvalue weighted by atomic mass is 16.6. The lowest BCUT2D eigenvalue weighted by atomic mass is 9.35. The Kier molecular flexibility index (Phi) is 6.20. The van der Waals surface area contributed by atoms with Gasteiger partial charge in [-0.15, -0.1) is 0 Å². The molecule has 3 aliphatic rings. The SMILES string of the molecule is C/C=C(/C)C(=O)O[C@@H]1[C@@H](OC(=O)CC(C)C)[C@@H](O)C(C)(C)[C@H]2[C@@H]3[C@@H](C)CC(=O)[C@H]2[C@@]31C. The second kappa shape index (κ2) is 8.02. The Hall–Kier alpha value is -1.69.